The SMILES string of the molecule is C=C[Si]C=C.C=C[Si]C=C.CCc1cc2ccccc2[cH-]1.CCc1cc2ccccc2[cH-]1.CCc1cc2ccccc2[cH-]1.CCc1cc2ccccc2[cH-]1.[Cl-].[Cl-].[Hf].[Hf]. The molecule has 0 fully saturated rings. The number of rotatable bonds is 8. The Balaban J connectivity index is 0. The van der Waals surface area contributed by atoms with Gasteiger partial charge in [0, 0.05) is 51.7 Å². The Bertz CT molecular complexity index is 1830. The number of hydrogen-bond donors (Lipinski definition) is 0. The van der Waals surface area contributed by atoms with Crippen molar-refractivity contribution in [2.45, 2.75) is 53.4 Å². The molecule has 0 aliphatic rings. The van der Waals surface area contributed by atoms with Crippen LogP contribution in [0.4, 0.5) is 0 Å². The molecule has 8 aromatic carbocycles. The first-order valence-corrected chi connectivity index (χ1v) is 21.3. The maximum atomic E-state index is 3.49. The summed E-state index contributed by atoms with van der Waals surface area (Å²) < 4.78 is 0. The summed E-state index contributed by atoms with van der Waals surface area (Å²) in [5.74, 6) is 0. The van der Waals surface area contributed by atoms with E-state index in [0.29, 0.717) is 0 Å². The summed E-state index contributed by atoms with van der Waals surface area (Å²) in [6.45, 7) is 22.7. The number of benzene rings is 4. The van der Waals surface area contributed by atoms with Crippen molar-refractivity contribution in [1.29, 1.82) is 0 Å². The summed E-state index contributed by atoms with van der Waals surface area (Å²) in [6, 6.07) is 52.0. The molecule has 0 aliphatic heterocycles. The Kier molecular flexibility index (Phi) is 33.3. The molecule has 0 heterocycles. The van der Waals surface area contributed by atoms with E-state index < -0.39 is 0 Å². The molecule has 8 rings (SSSR count). The van der Waals surface area contributed by atoms with Gasteiger partial charge in [-0.2, -0.15) is 24.3 Å². The van der Waals surface area contributed by atoms with Crippen LogP contribution in [-0.2, 0) is 77.4 Å². The van der Waals surface area contributed by atoms with Gasteiger partial charge < -0.3 is 24.8 Å². The Morgan fingerprint density at radius 1 is 0.379 bits per heavy atom. The zero-order valence-electron chi connectivity index (χ0n) is 34.6. The normalized spacial score (nSPS) is 9.17. The van der Waals surface area contributed by atoms with E-state index in [-0.39, 0.29) is 76.5 Å². The smallest absolute Gasteiger partial charge is 0.0997 e. The molecule has 58 heavy (non-hydrogen) atoms. The minimum absolute atomic E-state index is 0. The Morgan fingerprint density at radius 3 is 0.707 bits per heavy atom. The molecular formula is C52H56Cl2Hf2Si2-6. The van der Waals surface area contributed by atoms with Crippen LogP contribution >= 0.6 is 0 Å². The summed E-state index contributed by atoms with van der Waals surface area (Å²) in [5.41, 5.74) is 13.1. The molecule has 0 saturated heterocycles. The molecule has 0 unspecified atom stereocenters. The fourth-order valence-electron chi connectivity index (χ4n) is 5.84. The third-order valence-electron chi connectivity index (χ3n) is 8.82. The molecule has 0 bridgehead atoms. The molecule has 0 aromatic heterocycles. The molecule has 0 aliphatic carbocycles. The first kappa shape index (κ1) is 57.1. The van der Waals surface area contributed by atoms with Crippen LogP contribution in [0, 0.1) is 0 Å². The van der Waals surface area contributed by atoms with Crippen LogP contribution < -0.4 is 24.8 Å². The van der Waals surface area contributed by atoms with E-state index in [1.807, 2.05) is 22.8 Å². The van der Waals surface area contributed by atoms with Crippen LogP contribution in [0.2, 0.25) is 0 Å². The van der Waals surface area contributed by atoms with Gasteiger partial charge >= 0.3 is 0 Å². The molecule has 0 spiro atoms. The number of hydrogen-bond acceptors (Lipinski definition) is 0. The monoisotopic (exact) mass is 1170 g/mol. The van der Waals surface area contributed by atoms with Gasteiger partial charge in [-0.05, 0) is 25.7 Å². The zero-order valence-corrected chi connectivity index (χ0v) is 45.3. The fraction of sp³-hybridized carbons (Fsp3) is 0.154. The van der Waals surface area contributed by atoms with E-state index in [9.17, 15) is 0 Å². The van der Waals surface area contributed by atoms with E-state index in [0.717, 1.165) is 44.7 Å². The quantitative estimate of drug-likeness (QED) is 0.106. The van der Waals surface area contributed by atoms with Crippen molar-refractivity contribution in [3.05, 3.63) is 217 Å². The average Bonchev–Trinajstić information content (AvgIpc) is 4.03. The Labute approximate surface area is 405 Å². The van der Waals surface area contributed by atoms with E-state index in [1.54, 1.807) is 0 Å². The predicted octanol–water partition coefficient (Wildman–Crippen LogP) is 8.44. The van der Waals surface area contributed by atoms with Gasteiger partial charge in [-0.3, -0.25) is 0 Å². The van der Waals surface area contributed by atoms with E-state index in [2.05, 4.69) is 200 Å². The standard InChI is InChI=1S/4C11H11.2C4H6Si.2ClH.2Hf/c4*1-2-9-7-10-5-3-4-6-11(10)8-9;2*1-3-5-4-2;;;;/h4*3-8H,2H2,1H3;2*3-4H,1-2H2;2*1H;;/q4*-1;;;;;;/p-2. The van der Waals surface area contributed by atoms with Crippen LogP contribution in [0.25, 0.3) is 43.1 Å². The Morgan fingerprint density at radius 2 is 0.569 bits per heavy atom. The molecule has 0 nitrogen and oxygen atoms in total. The van der Waals surface area contributed by atoms with Crippen LogP contribution in [0.1, 0.15) is 49.9 Å². The van der Waals surface area contributed by atoms with Crippen molar-refractivity contribution in [2.75, 3.05) is 0 Å². The van der Waals surface area contributed by atoms with Crippen molar-refractivity contribution in [1.82, 2.24) is 0 Å². The van der Waals surface area contributed by atoms with Crippen LogP contribution in [0.3, 0.4) is 0 Å². The van der Waals surface area contributed by atoms with E-state index in [4.69, 9.17) is 0 Å². The second kappa shape index (κ2) is 33.8. The minimum atomic E-state index is 0. The van der Waals surface area contributed by atoms with Crippen molar-refractivity contribution in [3.8, 4) is 0 Å². The van der Waals surface area contributed by atoms with Crippen molar-refractivity contribution >= 4 is 62.1 Å². The first-order valence-electron chi connectivity index (χ1n) is 19.0. The van der Waals surface area contributed by atoms with Gasteiger partial charge in [0.15, 0.2) is 0 Å². The minimum Gasteiger partial charge on any atom is -1.00 e. The molecule has 0 N–H and O–H groups in total. The molecule has 6 heteroatoms. The summed E-state index contributed by atoms with van der Waals surface area (Å²) in [5, 5.41) is 10.9. The summed E-state index contributed by atoms with van der Waals surface area (Å²) in [7, 11) is 1.45. The van der Waals surface area contributed by atoms with Gasteiger partial charge in [0.25, 0.3) is 0 Å². The maximum Gasteiger partial charge on any atom is 0.0997 e. The van der Waals surface area contributed by atoms with Gasteiger partial charge in [-0.25, -0.2) is 0 Å². The van der Waals surface area contributed by atoms with Gasteiger partial charge in [-0.1, -0.05) is 52.0 Å². The first-order chi connectivity index (χ1) is 26.4. The van der Waals surface area contributed by atoms with Gasteiger partial charge in [0.2, 0.25) is 0 Å². The number of aryl methyl sites for hydroxylation is 4. The molecule has 300 valence electrons. The van der Waals surface area contributed by atoms with Crippen molar-refractivity contribution < 1.29 is 76.5 Å². The second-order valence-electron chi connectivity index (χ2n) is 12.5. The summed E-state index contributed by atoms with van der Waals surface area (Å²) in [4.78, 5) is 0. The topological polar surface area (TPSA) is 0 Å². The fourth-order valence-corrected chi connectivity index (χ4v) is 6.18. The summed E-state index contributed by atoms with van der Waals surface area (Å²) in [6.07, 6.45) is 4.53. The molecule has 8 aromatic rings. The van der Waals surface area contributed by atoms with Crippen molar-refractivity contribution in [3.63, 3.8) is 0 Å². The van der Waals surface area contributed by atoms with E-state index in [1.165, 1.54) is 65.3 Å². The number of fused-ring (bicyclic) bond motifs is 4. The van der Waals surface area contributed by atoms with Crippen LogP contribution in [0.15, 0.2) is 195 Å². The third kappa shape index (κ3) is 19.9. The van der Waals surface area contributed by atoms with Gasteiger partial charge in [0.05, 0.1) is 19.0 Å². The van der Waals surface area contributed by atoms with Gasteiger partial charge in [-0.15, -0.1) is 212 Å². The van der Waals surface area contributed by atoms with Gasteiger partial charge in [0.1, 0.15) is 0 Å². The third-order valence-corrected chi connectivity index (χ3v) is 9.76. The zero-order chi connectivity index (χ0) is 39.0. The molecule has 0 saturated carbocycles. The molecule has 0 amide bonds. The van der Waals surface area contributed by atoms with Crippen LogP contribution in [0.5, 0.6) is 0 Å². The average molecular weight is 1170 g/mol. The molecule has 0 atom stereocenters. The molecule has 4 radical (unpaired) electrons. The Hall–Kier alpha value is -2.97. The second-order valence-corrected chi connectivity index (χ2v) is 14.8. The summed E-state index contributed by atoms with van der Waals surface area (Å²) >= 11 is 0. The van der Waals surface area contributed by atoms with Crippen LogP contribution in [-0.4, -0.2) is 19.0 Å². The van der Waals surface area contributed by atoms with E-state index >= 15 is 0 Å². The largest absolute Gasteiger partial charge is 1.00 e. The predicted molar refractivity (Wildman–Crippen MR) is 248 cm³/mol. The number of halogens is 2. The maximum absolute atomic E-state index is 3.49. The molecular weight excluding hydrogens is 1110 g/mol. The van der Waals surface area contributed by atoms with Crippen molar-refractivity contribution in [2.24, 2.45) is 0 Å².